The van der Waals surface area contributed by atoms with Crippen molar-refractivity contribution in [2.24, 2.45) is 0 Å². The lowest BCUT2D eigenvalue weighted by Gasteiger charge is -2.38. The molecule has 0 unspecified atom stereocenters. The molecular weight excluding hydrogens is 202 g/mol. The van der Waals surface area contributed by atoms with Gasteiger partial charge in [-0.1, -0.05) is 0 Å². The first-order valence-electron chi connectivity index (χ1n) is 4.67. The van der Waals surface area contributed by atoms with E-state index in [1.807, 2.05) is 6.92 Å². The Balaban J connectivity index is 2.02. The summed E-state index contributed by atoms with van der Waals surface area (Å²) in [6.07, 6.45) is 3.25. The Hall–Kier alpha value is -0.960. The summed E-state index contributed by atoms with van der Waals surface area (Å²) in [5.74, 6) is 0.0993. The molecule has 2 rings (SSSR count). The van der Waals surface area contributed by atoms with Crippen LogP contribution in [-0.2, 0) is 0 Å². The molecule has 1 heterocycles. The number of amides is 1. The molecule has 1 fully saturated rings. The number of hydrogen-bond acceptors (Lipinski definition) is 2. The van der Waals surface area contributed by atoms with Crippen molar-refractivity contribution >= 4 is 17.5 Å². The average molecular weight is 214 g/mol. The third kappa shape index (κ3) is 1.77. The summed E-state index contributed by atoms with van der Waals surface area (Å²) < 4.78 is 5.01. The maximum Gasteiger partial charge on any atom is 0.287 e. The van der Waals surface area contributed by atoms with Crippen LogP contribution >= 0.6 is 11.6 Å². The van der Waals surface area contributed by atoms with Gasteiger partial charge in [0, 0.05) is 5.54 Å². The lowest BCUT2D eigenvalue weighted by molar-refractivity contribution is 0.0822. The number of halogens is 1. The molecule has 1 aliphatic rings. The monoisotopic (exact) mass is 213 g/mol. The third-order valence-corrected chi connectivity index (χ3v) is 2.87. The minimum Gasteiger partial charge on any atom is -0.440 e. The van der Waals surface area contributed by atoms with Gasteiger partial charge < -0.3 is 9.73 Å². The standard InChI is InChI=1S/C10H12ClNO2/c1-10(5-2-6-10)12-9(13)7-3-4-8(11)14-7/h3-4H,2,5-6H2,1H3,(H,12,13). The largest absolute Gasteiger partial charge is 0.440 e. The van der Waals surface area contributed by atoms with Gasteiger partial charge in [0.05, 0.1) is 0 Å². The second-order valence-corrected chi connectivity index (χ2v) is 4.34. The maximum absolute atomic E-state index is 11.6. The van der Waals surface area contributed by atoms with Crippen LogP contribution in [0.2, 0.25) is 5.22 Å². The van der Waals surface area contributed by atoms with E-state index in [-0.39, 0.29) is 22.4 Å². The van der Waals surface area contributed by atoms with Crippen LogP contribution in [0.3, 0.4) is 0 Å². The number of furan rings is 1. The molecule has 1 aromatic rings. The zero-order valence-electron chi connectivity index (χ0n) is 7.97. The Kier molecular flexibility index (Phi) is 2.27. The fourth-order valence-corrected chi connectivity index (χ4v) is 1.75. The highest BCUT2D eigenvalue weighted by molar-refractivity contribution is 6.29. The number of carbonyl (C=O) groups excluding carboxylic acids is 1. The molecule has 4 heteroatoms. The van der Waals surface area contributed by atoms with Crippen molar-refractivity contribution < 1.29 is 9.21 Å². The molecule has 0 radical (unpaired) electrons. The van der Waals surface area contributed by atoms with E-state index in [2.05, 4.69) is 5.32 Å². The number of hydrogen-bond donors (Lipinski definition) is 1. The highest BCUT2D eigenvalue weighted by atomic mass is 35.5. The minimum atomic E-state index is -0.181. The van der Waals surface area contributed by atoms with Gasteiger partial charge in [0.25, 0.3) is 5.91 Å². The van der Waals surface area contributed by atoms with E-state index in [1.54, 1.807) is 12.1 Å². The van der Waals surface area contributed by atoms with Crippen LogP contribution in [0.4, 0.5) is 0 Å². The van der Waals surface area contributed by atoms with Crippen LogP contribution in [0.1, 0.15) is 36.7 Å². The Morgan fingerprint density at radius 1 is 1.57 bits per heavy atom. The van der Waals surface area contributed by atoms with Crippen molar-refractivity contribution in [2.75, 3.05) is 0 Å². The summed E-state index contributed by atoms with van der Waals surface area (Å²) in [7, 11) is 0. The summed E-state index contributed by atoms with van der Waals surface area (Å²) in [5, 5.41) is 3.18. The number of nitrogens with one attached hydrogen (secondary N) is 1. The lowest BCUT2D eigenvalue weighted by Crippen LogP contribution is -2.50. The summed E-state index contributed by atoms with van der Waals surface area (Å²) in [6, 6.07) is 3.15. The summed E-state index contributed by atoms with van der Waals surface area (Å²) in [5.41, 5.74) is -0.0453. The van der Waals surface area contributed by atoms with Crippen LogP contribution in [0.5, 0.6) is 0 Å². The molecule has 1 amide bonds. The maximum atomic E-state index is 11.6. The Labute approximate surface area is 87.4 Å². The zero-order chi connectivity index (χ0) is 10.2. The molecule has 1 N–H and O–H groups in total. The topological polar surface area (TPSA) is 42.2 Å². The number of carbonyl (C=O) groups is 1. The van der Waals surface area contributed by atoms with Crippen LogP contribution in [-0.4, -0.2) is 11.4 Å². The zero-order valence-corrected chi connectivity index (χ0v) is 8.73. The van der Waals surface area contributed by atoms with Gasteiger partial charge in [-0.15, -0.1) is 0 Å². The molecule has 3 nitrogen and oxygen atoms in total. The summed E-state index contributed by atoms with van der Waals surface area (Å²) in [6.45, 7) is 2.04. The Morgan fingerprint density at radius 2 is 2.29 bits per heavy atom. The van der Waals surface area contributed by atoms with Crippen molar-refractivity contribution in [3.63, 3.8) is 0 Å². The van der Waals surface area contributed by atoms with E-state index in [0.29, 0.717) is 0 Å². The Morgan fingerprint density at radius 3 is 2.71 bits per heavy atom. The first-order chi connectivity index (χ1) is 6.59. The molecular formula is C10H12ClNO2. The lowest BCUT2D eigenvalue weighted by atomic mass is 9.78. The van der Waals surface area contributed by atoms with Crippen LogP contribution in [0.25, 0.3) is 0 Å². The van der Waals surface area contributed by atoms with Crippen LogP contribution in [0, 0.1) is 0 Å². The van der Waals surface area contributed by atoms with E-state index in [4.69, 9.17) is 16.0 Å². The summed E-state index contributed by atoms with van der Waals surface area (Å²) >= 11 is 5.58. The molecule has 1 aromatic heterocycles. The first-order valence-corrected chi connectivity index (χ1v) is 5.05. The Bertz CT molecular complexity index is 355. The molecule has 0 aromatic carbocycles. The summed E-state index contributed by atoms with van der Waals surface area (Å²) in [4.78, 5) is 11.6. The molecule has 0 aliphatic heterocycles. The number of rotatable bonds is 2. The van der Waals surface area contributed by atoms with Gasteiger partial charge >= 0.3 is 0 Å². The molecule has 0 atom stereocenters. The van der Waals surface area contributed by atoms with Gasteiger partial charge in [-0.05, 0) is 49.9 Å². The van der Waals surface area contributed by atoms with Crippen molar-refractivity contribution in [3.8, 4) is 0 Å². The highest BCUT2D eigenvalue weighted by Crippen LogP contribution is 2.31. The molecule has 0 bridgehead atoms. The van der Waals surface area contributed by atoms with E-state index in [0.717, 1.165) is 12.8 Å². The van der Waals surface area contributed by atoms with Crippen LogP contribution in [0.15, 0.2) is 16.5 Å². The SMILES string of the molecule is CC1(NC(=O)c2ccc(Cl)o2)CCC1. The van der Waals surface area contributed by atoms with Gasteiger partial charge in [-0.25, -0.2) is 0 Å². The van der Waals surface area contributed by atoms with Crippen molar-refractivity contribution in [1.29, 1.82) is 0 Å². The smallest absolute Gasteiger partial charge is 0.287 e. The molecule has 0 saturated heterocycles. The fourth-order valence-electron chi connectivity index (χ4n) is 1.60. The molecule has 14 heavy (non-hydrogen) atoms. The first kappa shape index (κ1) is 9.59. The van der Waals surface area contributed by atoms with Crippen molar-refractivity contribution in [2.45, 2.75) is 31.7 Å². The molecule has 1 aliphatic carbocycles. The van der Waals surface area contributed by atoms with Gasteiger partial charge in [0.15, 0.2) is 11.0 Å². The van der Waals surface area contributed by atoms with Crippen LogP contribution < -0.4 is 5.32 Å². The quantitative estimate of drug-likeness (QED) is 0.821. The predicted molar refractivity (Wildman–Crippen MR) is 53.4 cm³/mol. The average Bonchev–Trinajstić information content (AvgIpc) is 2.49. The normalized spacial score (nSPS) is 18.7. The van der Waals surface area contributed by atoms with Crippen molar-refractivity contribution in [1.82, 2.24) is 5.32 Å². The molecule has 1 saturated carbocycles. The van der Waals surface area contributed by atoms with Gasteiger partial charge in [-0.2, -0.15) is 0 Å². The van der Waals surface area contributed by atoms with Gasteiger partial charge in [0.1, 0.15) is 0 Å². The van der Waals surface area contributed by atoms with E-state index >= 15 is 0 Å². The van der Waals surface area contributed by atoms with E-state index in [9.17, 15) is 4.79 Å². The third-order valence-electron chi connectivity index (χ3n) is 2.67. The van der Waals surface area contributed by atoms with Gasteiger partial charge in [-0.3, -0.25) is 4.79 Å². The van der Waals surface area contributed by atoms with E-state index < -0.39 is 0 Å². The minimum absolute atomic E-state index is 0.0453. The van der Waals surface area contributed by atoms with E-state index in [1.165, 1.54) is 6.42 Å². The predicted octanol–water partition coefficient (Wildman–Crippen LogP) is 2.61. The van der Waals surface area contributed by atoms with Gasteiger partial charge in [0.2, 0.25) is 0 Å². The second kappa shape index (κ2) is 3.31. The second-order valence-electron chi connectivity index (χ2n) is 3.97. The van der Waals surface area contributed by atoms with Crippen molar-refractivity contribution in [3.05, 3.63) is 23.1 Å². The highest BCUT2D eigenvalue weighted by Gasteiger charge is 2.33. The molecule has 76 valence electrons. The fraction of sp³-hybridized carbons (Fsp3) is 0.500. The molecule has 0 spiro atoms.